The Bertz CT molecular complexity index is 920. The fourth-order valence-corrected chi connectivity index (χ4v) is 4.15. The van der Waals surface area contributed by atoms with E-state index < -0.39 is 10.0 Å². The van der Waals surface area contributed by atoms with Crippen LogP contribution in [-0.2, 0) is 16.4 Å². The lowest BCUT2D eigenvalue weighted by molar-refractivity contribution is 0.0984. The summed E-state index contributed by atoms with van der Waals surface area (Å²) in [5, 5.41) is 0. The van der Waals surface area contributed by atoms with Gasteiger partial charge in [-0.2, -0.15) is 0 Å². The minimum Gasteiger partial charge on any atom is -0.308 e. The summed E-state index contributed by atoms with van der Waals surface area (Å²) in [5.74, 6) is -0.161. The highest BCUT2D eigenvalue weighted by molar-refractivity contribution is 7.89. The Morgan fingerprint density at radius 2 is 1.84 bits per heavy atom. The summed E-state index contributed by atoms with van der Waals surface area (Å²) < 4.78 is 25.8. The SMILES string of the molecule is Cc1cccc2c1N(C(=O)c1cccc(S(=O)(=O)N(C)C)c1)CCC2. The van der Waals surface area contributed by atoms with Gasteiger partial charge in [-0.05, 0) is 49.1 Å². The van der Waals surface area contributed by atoms with Crippen molar-refractivity contribution < 1.29 is 13.2 Å². The smallest absolute Gasteiger partial charge is 0.258 e. The van der Waals surface area contributed by atoms with E-state index in [0.717, 1.165) is 34.0 Å². The number of amides is 1. The topological polar surface area (TPSA) is 57.7 Å². The molecule has 25 heavy (non-hydrogen) atoms. The molecule has 0 fully saturated rings. The third kappa shape index (κ3) is 3.19. The Hall–Kier alpha value is -2.18. The van der Waals surface area contributed by atoms with Gasteiger partial charge in [-0.1, -0.05) is 24.3 Å². The largest absolute Gasteiger partial charge is 0.308 e. The average molecular weight is 358 g/mol. The molecule has 0 radical (unpaired) electrons. The van der Waals surface area contributed by atoms with Crippen LogP contribution >= 0.6 is 0 Å². The van der Waals surface area contributed by atoms with Crippen LogP contribution in [0.25, 0.3) is 0 Å². The summed E-state index contributed by atoms with van der Waals surface area (Å²) in [6.07, 6.45) is 1.85. The molecule has 6 heteroatoms. The normalized spacial score (nSPS) is 14.5. The predicted molar refractivity (Wildman–Crippen MR) is 98.5 cm³/mol. The van der Waals surface area contributed by atoms with Crippen LogP contribution in [0.4, 0.5) is 5.69 Å². The standard InChI is InChI=1S/C19H22N2O3S/c1-14-7-4-8-15-10-6-12-21(18(14)15)19(22)16-9-5-11-17(13-16)25(23,24)20(2)3/h4-5,7-9,11,13H,6,10,12H2,1-3H3. The number of hydrogen-bond donors (Lipinski definition) is 0. The molecule has 132 valence electrons. The van der Waals surface area contributed by atoms with Crippen molar-refractivity contribution in [2.45, 2.75) is 24.7 Å². The van der Waals surface area contributed by atoms with Crippen molar-refractivity contribution in [2.75, 3.05) is 25.5 Å². The van der Waals surface area contributed by atoms with Crippen molar-refractivity contribution in [1.29, 1.82) is 0 Å². The van der Waals surface area contributed by atoms with Crippen molar-refractivity contribution in [2.24, 2.45) is 0 Å². The van der Waals surface area contributed by atoms with Gasteiger partial charge in [0.2, 0.25) is 10.0 Å². The first kappa shape index (κ1) is 17.6. The van der Waals surface area contributed by atoms with Crippen LogP contribution in [0.3, 0.4) is 0 Å². The molecule has 0 spiro atoms. The van der Waals surface area contributed by atoms with Gasteiger partial charge in [0.15, 0.2) is 0 Å². The molecule has 3 rings (SSSR count). The van der Waals surface area contributed by atoms with Crippen LogP contribution < -0.4 is 4.90 Å². The van der Waals surface area contributed by atoms with Crippen molar-refractivity contribution >= 4 is 21.6 Å². The van der Waals surface area contributed by atoms with E-state index in [1.165, 1.54) is 26.2 Å². The summed E-state index contributed by atoms with van der Waals surface area (Å²) >= 11 is 0. The fourth-order valence-electron chi connectivity index (χ4n) is 3.21. The van der Waals surface area contributed by atoms with E-state index in [2.05, 4.69) is 6.07 Å². The summed E-state index contributed by atoms with van der Waals surface area (Å²) in [6.45, 7) is 2.64. The van der Waals surface area contributed by atoms with Gasteiger partial charge >= 0.3 is 0 Å². The first-order chi connectivity index (χ1) is 11.8. The third-order valence-electron chi connectivity index (χ3n) is 4.52. The Morgan fingerprint density at radius 1 is 1.12 bits per heavy atom. The second-order valence-electron chi connectivity index (χ2n) is 6.46. The van der Waals surface area contributed by atoms with Crippen molar-refractivity contribution in [3.63, 3.8) is 0 Å². The lowest BCUT2D eigenvalue weighted by Gasteiger charge is -2.31. The molecule has 2 aromatic carbocycles. The van der Waals surface area contributed by atoms with E-state index >= 15 is 0 Å². The number of rotatable bonds is 3. The molecular weight excluding hydrogens is 336 g/mol. The number of anilines is 1. The molecule has 1 aliphatic rings. The Labute approximate surface area is 148 Å². The van der Waals surface area contributed by atoms with E-state index in [4.69, 9.17) is 0 Å². The van der Waals surface area contributed by atoms with Gasteiger partial charge < -0.3 is 4.90 Å². The van der Waals surface area contributed by atoms with Gasteiger partial charge in [-0.3, -0.25) is 4.79 Å². The van der Waals surface area contributed by atoms with Crippen molar-refractivity contribution in [3.05, 3.63) is 59.2 Å². The number of aryl methyl sites for hydroxylation is 2. The minimum atomic E-state index is -3.57. The van der Waals surface area contributed by atoms with Gasteiger partial charge in [-0.25, -0.2) is 12.7 Å². The summed E-state index contributed by atoms with van der Waals surface area (Å²) in [4.78, 5) is 15.0. The number of para-hydroxylation sites is 1. The number of carbonyl (C=O) groups is 1. The molecule has 0 unspecified atom stereocenters. The lowest BCUT2D eigenvalue weighted by atomic mass is 9.97. The van der Waals surface area contributed by atoms with Crippen LogP contribution in [0.15, 0.2) is 47.4 Å². The molecule has 5 nitrogen and oxygen atoms in total. The number of sulfonamides is 1. The van der Waals surface area contributed by atoms with Crippen LogP contribution in [-0.4, -0.2) is 39.3 Å². The van der Waals surface area contributed by atoms with Gasteiger partial charge in [-0.15, -0.1) is 0 Å². The van der Waals surface area contributed by atoms with Crippen molar-refractivity contribution in [1.82, 2.24) is 4.31 Å². The molecule has 0 aliphatic carbocycles. The molecule has 0 aromatic heterocycles. The maximum atomic E-state index is 13.1. The van der Waals surface area contributed by atoms with Gasteiger partial charge in [0.05, 0.1) is 10.6 Å². The van der Waals surface area contributed by atoms with Gasteiger partial charge in [0.1, 0.15) is 0 Å². The Morgan fingerprint density at radius 3 is 2.56 bits per heavy atom. The molecule has 2 aromatic rings. The molecule has 0 atom stereocenters. The quantitative estimate of drug-likeness (QED) is 0.848. The van der Waals surface area contributed by atoms with Gasteiger partial charge in [0.25, 0.3) is 5.91 Å². The van der Waals surface area contributed by atoms with E-state index in [0.29, 0.717) is 12.1 Å². The number of hydrogen-bond acceptors (Lipinski definition) is 3. The highest BCUT2D eigenvalue weighted by Crippen LogP contribution is 2.31. The van der Waals surface area contributed by atoms with Gasteiger partial charge in [0, 0.05) is 26.2 Å². The second-order valence-corrected chi connectivity index (χ2v) is 8.61. The molecule has 0 bridgehead atoms. The monoisotopic (exact) mass is 358 g/mol. The van der Waals surface area contributed by atoms with E-state index in [1.54, 1.807) is 17.0 Å². The summed E-state index contributed by atoms with van der Waals surface area (Å²) in [7, 11) is -0.609. The molecule has 0 saturated carbocycles. The molecule has 1 amide bonds. The molecule has 1 heterocycles. The first-order valence-corrected chi connectivity index (χ1v) is 9.69. The number of nitrogens with zero attached hydrogens (tertiary/aromatic N) is 2. The van der Waals surface area contributed by atoms with E-state index in [1.807, 2.05) is 19.1 Å². The molecule has 0 saturated heterocycles. The highest BCUT2D eigenvalue weighted by atomic mass is 32.2. The van der Waals surface area contributed by atoms with Crippen LogP contribution in [0.5, 0.6) is 0 Å². The number of fused-ring (bicyclic) bond motifs is 1. The van der Waals surface area contributed by atoms with Crippen LogP contribution in [0, 0.1) is 6.92 Å². The van der Waals surface area contributed by atoms with Crippen LogP contribution in [0.2, 0.25) is 0 Å². The summed E-state index contributed by atoms with van der Waals surface area (Å²) in [5.41, 5.74) is 3.57. The van der Waals surface area contributed by atoms with Crippen molar-refractivity contribution in [3.8, 4) is 0 Å². The lowest BCUT2D eigenvalue weighted by Crippen LogP contribution is -2.36. The number of benzene rings is 2. The zero-order valence-electron chi connectivity index (χ0n) is 14.7. The average Bonchev–Trinajstić information content (AvgIpc) is 2.61. The Balaban J connectivity index is 2.02. The van der Waals surface area contributed by atoms with Crippen LogP contribution in [0.1, 0.15) is 27.9 Å². The highest BCUT2D eigenvalue weighted by Gasteiger charge is 2.26. The Kier molecular flexibility index (Phi) is 4.67. The molecule has 0 N–H and O–H groups in total. The third-order valence-corrected chi connectivity index (χ3v) is 6.33. The molecule has 1 aliphatic heterocycles. The van der Waals surface area contributed by atoms with E-state index in [9.17, 15) is 13.2 Å². The maximum absolute atomic E-state index is 13.1. The predicted octanol–water partition coefficient (Wildman–Crippen LogP) is 2.84. The maximum Gasteiger partial charge on any atom is 0.258 e. The summed E-state index contributed by atoms with van der Waals surface area (Å²) in [6, 6.07) is 12.3. The number of carbonyl (C=O) groups excluding carboxylic acids is 1. The zero-order valence-corrected chi connectivity index (χ0v) is 15.5. The van der Waals surface area contributed by atoms with E-state index in [-0.39, 0.29) is 10.8 Å². The zero-order chi connectivity index (χ0) is 18.2. The minimum absolute atomic E-state index is 0.130. The molecular formula is C19H22N2O3S. The second kappa shape index (κ2) is 6.61. The fraction of sp³-hybridized carbons (Fsp3) is 0.316. The first-order valence-electron chi connectivity index (χ1n) is 8.25.